The van der Waals surface area contributed by atoms with Gasteiger partial charge in [0.25, 0.3) is 11.1 Å². The van der Waals surface area contributed by atoms with Gasteiger partial charge in [-0.25, -0.2) is 4.39 Å². The number of carbonyl (C=O) groups is 2. The van der Waals surface area contributed by atoms with E-state index < -0.39 is 5.91 Å². The molecule has 3 aromatic carbocycles. The van der Waals surface area contributed by atoms with Crippen molar-refractivity contribution in [1.29, 1.82) is 0 Å². The molecule has 180 valence electrons. The molecule has 0 unspecified atom stereocenters. The molecule has 0 radical (unpaired) electrons. The lowest BCUT2D eigenvalue weighted by Crippen LogP contribution is -2.32. The Labute approximate surface area is 211 Å². The molecule has 0 spiro atoms. The van der Waals surface area contributed by atoms with Crippen LogP contribution in [0.1, 0.15) is 11.1 Å². The molecule has 1 saturated heterocycles. The number of ether oxygens (including phenoxy) is 3. The fourth-order valence-corrected chi connectivity index (χ4v) is 4.37. The average Bonchev–Trinajstić information content (AvgIpc) is 3.12. The average molecular weight is 514 g/mol. The van der Waals surface area contributed by atoms with E-state index in [1.54, 1.807) is 66.7 Å². The summed E-state index contributed by atoms with van der Waals surface area (Å²) in [5, 5.41) is 0.0811. The molecular formula is C26H21ClFNO5S. The minimum absolute atomic E-state index is 0.0392. The van der Waals surface area contributed by atoms with Crippen LogP contribution in [0.4, 0.5) is 9.18 Å². The van der Waals surface area contributed by atoms with Crippen molar-refractivity contribution < 1.29 is 28.2 Å². The van der Waals surface area contributed by atoms with Gasteiger partial charge in [-0.2, -0.15) is 0 Å². The standard InChI is InChI=1S/C26H21ClFNO5S/c1-32-23-14-17(10-11-22(23)34-16-18-6-2-4-8-20(18)28)15-24-25(30)29(26(31)35-24)12-13-33-21-9-5-3-7-19(21)27/h2-11,14-15H,12-13,16H2,1H3/b24-15-. The van der Waals surface area contributed by atoms with E-state index in [4.69, 9.17) is 25.8 Å². The van der Waals surface area contributed by atoms with E-state index in [1.807, 2.05) is 0 Å². The predicted octanol–water partition coefficient (Wildman–Crippen LogP) is 6.18. The molecular weight excluding hydrogens is 493 g/mol. The molecule has 1 aliphatic heterocycles. The zero-order valence-corrected chi connectivity index (χ0v) is 20.3. The van der Waals surface area contributed by atoms with Crippen LogP contribution in [0, 0.1) is 5.82 Å². The van der Waals surface area contributed by atoms with Gasteiger partial charge in [0.05, 0.1) is 23.6 Å². The molecule has 4 rings (SSSR count). The number of hydrogen-bond acceptors (Lipinski definition) is 6. The third kappa shape index (κ3) is 5.96. The lowest BCUT2D eigenvalue weighted by molar-refractivity contribution is -0.123. The largest absolute Gasteiger partial charge is 0.493 e. The van der Waals surface area contributed by atoms with Gasteiger partial charge in [0.15, 0.2) is 11.5 Å². The summed E-state index contributed by atoms with van der Waals surface area (Å²) in [6, 6.07) is 18.4. The Morgan fingerprint density at radius 3 is 2.51 bits per heavy atom. The van der Waals surface area contributed by atoms with Crippen LogP contribution >= 0.6 is 23.4 Å². The highest BCUT2D eigenvalue weighted by molar-refractivity contribution is 8.18. The highest BCUT2D eigenvalue weighted by atomic mass is 35.5. The summed E-state index contributed by atoms with van der Waals surface area (Å²) in [6.45, 7) is 0.258. The Kier molecular flexibility index (Phi) is 7.94. The maximum Gasteiger partial charge on any atom is 0.293 e. The van der Waals surface area contributed by atoms with Gasteiger partial charge in [-0.05, 0) is 53.7 Å². The monoisotopic (exact) mass is 513 g/mol. The number of halogens is 2. The van der Waals surface area contributed by atoms with Gasteiger partial charge >= 0.3 is 0 Å². The zero-order valence-electron chi connectivity index (χ0n) is 18.7. The van der Waals surface area contributed by atoms with Gasteiger partial charge in [0, 0.05) is 5.56 Å². The lowest BCUT2D eigenvalue weighted by atomic mass is 10.1. The summed E-state index contributed by atoms with van der Waals surface area (Å²) >= 11 is 6.92. The van der Waals surface area contributed by atoms with Gasteiger partial charge in [0.1, 0.15) is 24.8 Å². The Morgan fingerprint density at radius 2 is 1.74 bits per heavy atom. The van der Waals surface area contributed by atoms with Crippen molar-refractivity contribution in [1.82, 2.24) is 4.90 Å². The van der Waals surface area contributed by atoms with E-state index in [2.05, 4.69) is 0 Å². The summed E-state index contributed by atoms with van der Waals surface area (Å²) < 4.78 is 30.6. The van der Waals surface area contributed by atoms with Crippen molar-refractivity contribution in [2.75, 3.05) is 20.3 Å². The molecule has 3 aromatic rings. The minimum Gasteiger partial charge on any atom is -0.493 e. The second-order valence-electron chi connectivity index (χ2n) is 7.40. The maximum absolute atomic E-state index is 13.8. The van der Waals surface area contributed by atoms with Crippen molar-refractivity contribution in [2.24, 2.45) is 0 Å². The minimum atomic E-state index is -0.401. The van der Waals surface area contributed by atoms with E-state index in [-0.39, 0.29) is 35.7 Å². The Bertz CT molecular complexity index is 1280. The molecule has 9 heteroatoms. The third-order valence-corrected chi connectivity index (χ3v) is 6.33. The van der Waals surface area contributed by atoms with Crippen molar-refractivity contribution in [3.05, 3.63) is 93.6 Å². The van der Waals surface area contributed by atoms with Crippen LogP contribution in [0.5, 0.6) is 17.2 Å². The first kappa shape index (κ1) is 24.6. The normalized spacial score (nSPS) is 14.5. The second kappa shape index (κ2) is 11.3. The molecule has 0 aromatic heterocycles. The van der Waals surface area contributed by atoms with E-state index in [9.17, 15) is 14.0 Å². The highest BCUT2D eigenvalue weighted by Crippen LogP contribution is 2.35. The summed E-state index contributed by atoms with van der Waals surface area (Å²) in [7, 11) is 1.49. The Morgan fingerprint density at radius 1 is 0.971 bits per heavy atom. The number of carbonyl (C=O) groups excluding carboxylic acids is 2. The van der Waals surface area contributed by atoms with Crippen LogP contribution in [0.3, 0.4) is 0 Å². The number of rotatable bonds is 9. The lowest BCUT2D eigenvalue weighted by Gasteiger charge is -2.14. The van der Waals surface area contributed by atoms with Crippen LogP contribution in [0.2, 0.25) is 5.02 Å². The number of hydrogen-bond donors (Lipinski definition) is 0. The summed E-state index contributed by atoms with van der Waals surface area (Å²) in [5.74, 6) is 0.582. The highest BCUT2D eigenvalue weighted by Gasteiger charge is 2.34. The molecule has 35 heavy (non-hydrogen) atoms. The van der Waals surface area contributed by atoms with E-state index >= 15 is 0 Å². The summed E-state index contributed by atoms with van der Waals surface area (Å²) in [4.78, 5) is 26.6. The number of imide groups is 1. The van der Waals surface area contributed by atoms with Crippen molar-refractivity contribution >= 4 is 40.6 Å². The Hall–Kier alpha value is -3.49. The first-order valence-electron chi connectivity index (χ1n) is 10.6. The number of benzene rings is 3. The van der Waals surface area contributed by atoms with Gasteiger partial charge in [-0.3, -0.25) is 14.5 Å². The molecule has 0 N–H and O–H groups in total. The van der Waals surface area contributed by atoms with E-state index in [0.717, 1.165) is 16.7 Å². The van der Waals surface area contributed by atoms with Crippen LogP contribution in [-0.4, -0.2) is 36.3 Å². The quantitative estimate of drug-likeness (QED) is 0.318. The van der Waals surface area contributed by atoms with Gasteiger partial charge in [-0.15, -0.1) is 0 Å². The first-order chi connectivity index (χ1) is 17.0. The smallest absolute Gasteiger partial charge is 0.293 e. The number of methoxy groups -OCH3 is 1. The molecule has 1 aliphatic rings. The fourth-order valence-electron chi connectivity index (χ4n) is 3.32. The summed E-state index contributed by atoms with van der Waals surface area (Å²) in [6.07, 6.45) is 1.61. The molecule has 0 saturated carbocycles. The third-order valence-electron chi connectivity index (χ3n) is 5.11. The fraction of sp³-hybridized carbons (Fsp3) is 0.154. The van der Waals surface area contributed by atoms with Gasteiger partial charge in [-0.1, -0.05) is 48.0 Å². The van der Waals surface area contributed by atoms with Crippen molar-refractivity contribution in [3.8, 4) is 17.2 Å². The molecule has 6 nitrogen and oxygen atoms in total. The SMILES string of the molecule is COc1cc(/C=C2\SC(=O)N(CCOc3ccccc3Cl)C2=O)ccc1OCc1ccccc1F. The number of amides is 2. The zero-order chi connectivity index (χ0) is 24.8. The van der Waals surface area contributed by atoms with Crippen LogP contribution in [0.25, 0.3) is 6.08 Å². The molecule has 1 heterocycles. The van der Waals surface area contributed by atoms with Gasteiger partial charge < -0.3 is 14.2 Å². The van der Waals surface area contributed by atoms with Crippen molar-refractivity contribution in [3.63, 3.8) is 0 Å². The maximum atomic E-state index is 13.8. The van der Waals surface area contributed by atoms with Gasteiger partial charge in [0.2, 0.25) is 0 Å². The predicted molar refractivity (Wildman–Crippen MR) is 133 cm³/mol. The van der Waals surface area contributed by atoms with E-state index in [0.29, 0.717) is 33.4 Å². The number of thioether (sulfide) groups is 1. The number of para-hydroxylation sites is 1. The van der Waals surface area contributed by atoms with E-state index in [1.165, 1.54) is 13.2 Å². The Balaban J connectivity index is 1.41. The second-order valence-corrected chi connectivity index (χ2v) is 8.80. The summed E-state index contributed by atoms with van der Waals surface area (Å²) in [5.41, 5.74) is 1.07. The van der Waals surface area contributed by atoms with Crippen molar-refractivity contribution in [2.45, 2.75) is 6.61 Å². The van der Waals surface area contributed by atoms with Crippen LogP contribution in [0.15, 0.2) is 71.6 Å². The van der Waals surface area contributed by atoms with Crippen LogP contribution < -0.4 is 14.2 Å². The molecule has 1 fully saturated rings. The number of nitrogens with zero attached hydrogens (tertiary/aromatic N) is 1. The topological polar surface area (TPSA) is 65.1 Å². The molecule has 0 aliphatic carbocycles. The van der Waals surface area contributed by atoms with Crippen LogP contribution in [-0.2, 0) is 11.4 Å². The molecule has 0 bridgehead atoms. The first-order valence-corrected chi connectivity index (χ1v) is 11.8. The molecule has 2 amide bonds. The molecule has 0 atom stereocenters.